The predicted octanol–water partition coefficient (Wildman–Crippen LogP) is 3.03. The molecule has 0 atom stereocenters. The number of aryl methyl sites for hydroxylation is 1. The van der Waals surface area contributed by atoms with Crippen LogP contribution in [0.25, 0.3) is 11.1 Å². The first-order chi connectivity index (χ1) is 8.24. The lowest BCUT2D eigenvalue weighted by atomic mass is 10.1. The second kappa shape index (κ2) is 4.83. The maximum absolute atomic E-state index is 12.2. The molecule has 0 aromatic heterocycles. The Bertz CT molecular complexity index is 588. The van der Waals surface area contributed by atoms with E-state index in [2.05, 4.69) is 0 Å². The number of ether oxygens (including phenoxy) is 1. The van der Waals surface area contributed by atoms with Gasteiger partial charge in [-0.3, -0.25) is 4.79 Å². The average Bonchev–Trinajstić information content (AvgIpc) is 2.53. The molecule has 0 saturated carbocycles. The molecule has 0 bridgehead atoms. The zero-order valence-electron chi connectivity index (χ0n) is 9.94. The maximum Gasteiger partial charge on any atom is 0.189 e. The van der Waals surface area contributed by atoms with Gasteiger partial charge in [0.15, 0.2) is 5.43 Å². The summed E-state index contributed by atoms with van der Waals surface area (Å²) in [6, 6.07) is 14.9. The van der Waals surface area contributed by atoms with Crippen LogP contribution in [-0.4, -0.2) is 7.11 Å². The molecule has 0 amide bonds. The van der Waals surface area contributed by atoms with Crippen LogP contribution in [0.3, 0.4) is 0 Å². The van der Waals surface area contributed by atoms with Gasteiger partial charge in [0.25, 0.3) is 0 Å². The predicted molar refractivity (Wildman–Crippen MR) is 69.4 cm³/mol. The molecule has 0 fully saturated rings. The van der Waals surface area contributed by atoms with Gasteiger partial charge in [-0.2, -0.15) is 0 Å². The highest BCUT2D eigenvalue weighted by Crippen LogP contribution is 2.26. The summed E-state index contributed by atoms with van der Waals surface area (Å²) in [6.07, 6.45) is 0. The van der Waals surface area contributed by atoms with Crippen LogP contribution in [0, 0.1) is 6.92 Å². The largest absolute Gasteiger partial charge is 0.496 e. The van der Waals surface area contributed by atoms with E-state index in [-0.39, 0.29) is 5.43 Å². The molecule has 0 heterocycles. The lowest BCUT2D eigenvalue weighted by molar-refractivity contribution is 0.416. The Morgan fingerprint density at radius 1 is 0.882 bits per heavy atom. The van der Waals surface area contributed by atoms with Crippen molar-refractivity contribution in [3.63, 3.8) is 0 Å². The SMILES string of the molecule is COc1ccccc1-c1ccccc(C)c1=O. The van der Waals surface area contributed by atoms with E-state index in [0.717, 1.165) is 16.9 Å². The van der Waals surface area contributed by atoms with E-state index in [1.165, 1.54) is 0 Å². The molecular formula is C15H14O2. The van der Waals surface area contributed by atoms with E-state index in [9.17, 15) is 4.79 Å². The van der Waals surface area contributed by atoms with Gasteiger partial charge in [0.1, 0.15) is 5.75 Å². The van der Waals surface area contributed by atoms with Crippen molar-refractivity contribution in [3.05, 3.63) is 64.3 Å². The number of methoxy groups -OCH3 is 1. The monoisotopic (exact) mass is 226 g/mol. The summed E-state index contributed by atoms with van der Waals surface area (Å²) in [5.74, 6) is 0.718. The highest BCUT2D eigenvalue weighted by atomic mass is 16.5. The van der Waals surface area contributed by atoms with Gasteiger partial charge in [-0.15, -0.1) is 0 Å². The van der Waals surface area contributed by atoms with Gasteiger partial charge in [-0.25, -0.2) is 0 Å². The Balaban J connectivity index is 2.74. The molecule has 2 aromatic carbocycles. The third-order valence-electron chi connectivity index (χ3n) is 2.72. The van der Waals surface area contributed by atoms with E-state index in [4.69, 9.17) is 4.74 Å². The molecule has 2 heteroatoms. The summed E-state index contributed by atoms with van der Waals surface area (Å²) >= 11 is 0. The molecule has 2 rings (SSSR count). The summed E-state index contributed by atoms with van der Waals surface area (Å²) in [5.41, 5.74) is 2.28. The first-order valence-corrected chi connectivity index (χ1v) is 5.47. The smallest absolute Gasteiger partial charge is 0.189 e. The second-order valence-electron chi connectivity index (χ2n) is 3.84. The number of hydrogen-bond acceptors (Lipinski definition) is 2. The van der Waals surface area contributed by atoms with Gasteiger partial charge >= 0.3 is 0 Å². The minimum absolute atomic E-state index is 0.0412. The first kappa shape index (κ1) is 11.4. The summed E-state index contributed by atoms with van der Waals surface area (Å²) in [6.45, 7) is 1.82. The van der Waals surface area contributed by atoms with Crippen LogP contribution >= 0.6 is 0 Å². The molecule has 2 nitrogen and oxygen atoms in total. The summed E-state index contributed by atoms with van der Waals surface area (Å²) in [5, 5.41) is 0. The van der Waals surface area contributed by atoms with Crippen molar-refractivity contribution < 1.29 is 4.74 Å². The molecular weight excluding hydrogens is 212 g/mol. The van der Waals surface area contributed by atoms with E-state index in [1.807, 2.05) is 55.5 Å². The minimum atomic E-state index is 0.0412. The van der Waals surface area contributed by atoms with Crippen molar-refractivity contribution in [3.8, 4) is 16.9 Å². The number of hydrogen-bond donors (Lipinski definition) is 0. The summed E-state index contributed by atoms with van der Waals surface area (Å²) < 4.78 is 5.29. The van der Waals surface area contributed by atoms with Gasteiger partial charge in [0.2, 0.25) is 0 Å². The molecule has 86 valence electrons. The fourth-order valence-electron chi connectivity index (χ4n) is 1.79. The summed E-state index contributed by atoms with van der Waals surface area (Å²) in [7, 11) is 1.61. The van der Waals surface area contributed by atoms with E-state index < -0.39 is 0 Å². The van der Waals surface area contributed by atoms with Crippen molar-refractivity contribution in [2.24, 2.45) is 0 Å². The van der Waals surface area contributed by atoms with Crippen LogP contribution in [0.4, 0.5) is 0 Å². The molecule has 0 aliphatic rings. The van der Waals surface area contributed by atoms with Crippen LogP contribution in [0.2, 0.25) is 0 Å². The van der Waals surface area contributed by atoms with Crippen molar-refractivity contribution in [2.75, 3.05) is 7.11 Å². The topological polar surface area (TPSA) is 26.3 Å². The van der Waals surface area contributed by atoms with Crippen molar-refractivity contribution in [1.82, 2.24) is 0 Å². The third kappa shape index (κ3) is 2.21. The normalized spacial score (nSPS) is 10.0. The van der Waals surface area contributed by atoms with Crippen molar-refractivity contribution >= 4 is 0 Å². The zero-order valence-corrected chi connectivity index (χ0v) is 9.94. The Kier molecular flexibility index (Phi) is 3.24. The van der Waals surface area contributed by atoms with Gasteiger partial charge in [0.05, 0.1) is 7.11 Å². The Morgan fingerprint density at radius 2 is 1.47 bits per heavy atom. The fraction of sp³-hybridized carbons (Fsp3) is 0.133. The molecule has 0 saturated heterocycles. The first-order valence-electron chi connectivity index (χ1n) is 5.47. The number of benzene rings is 1. The molecule has 0 radical (unpaired) electrons. The van der Waals surface area contributed by atoms with Crippen LogP contribution in [-0.2, 0) is 0 Å². The standard InChI is InChI=1S/C15H14O2/c1-11-7-3-4-9-13(15(11)16)12-8-5-6-10-14(12)17-2/h3-10H,1-2H3. The van der Waals surface area contributed by atoms with E-state index in [1.54, 1.807) is 7.11 Å². The molecule has 0 spiro atoms. The molecule has 0 aliphatic heterocycles. The Labute approximate surface area is 101 Å². The Morgan fingerprint density at radius 3 is 2.18 bits per heavy atom. The average molecular weight is 226 g/mol. The molecule has 0 unspecified atom stereocenters. The zero-order chi connectivity index (χ0) is 12.3. The van der Waals surface area contributed by atoms with Gasteiger partial charge in [-0.1, -0.05) is 42.5 Å². The number of para-hydroxylation sites is 1. The lowest BCUT2D eigenvalue weighted by Crippen LogP contribution is -2.05. The van der Waals surface area contributed by atoms with E-state index >= 15 is 0 Å². The van der Waals surface area contributed by atoms with Crippen molar-refractivity contribution in [2.45, 2.75) is 6.92 Å². The van der Waals surface area contributed by atoms with Gasteiger partial charge in [0, 0.05) is 11.1 Å². The van der Waals surface area contributed by atoms with Crippen LogP contribution in [0.5, 0.6) is 5.75 Å². The molecule has 2 aromatic rings. The van der Waals surface area contributed by atoms with E-state index in [0.29, 0.717) is 5.56 Å². The quantitative estimate of drug-likeness (QED) is 0.786. The minimum Gasteiger partial charge on any atom is -0.496 e. The lowest BCUT2D eigenvalue weighted by Gasteiger charge is -2.06. The van der Waals surface area contributed by atoms with Gasteiger partial charge in [-0.05, 0) is 18.6 Å². The fourth-order valence-corrected chi connectivity index (χ4v) is 1.79. The van der Waals surface area contributed by atoms with Gasteiger partial charge < -0.3 is 4.74 Å². The second-order valence-corrected chi connectivity index (χ2v) is 3.84. The number of rotatable bonds is 2. The van der Waals surface area contributed by atoms with Crippen LogP contribution < -0.4 is 10.2 Å². The van der Waals surface area contributed by atoms with Crippen LogP contribution in [0.15, 0.2) is 53.3 Å². The highest BCUT2D eigenvalue weighted by molar-refractivity contribution is 5.70. The highest BCUT2D eigenvalue weighted by Gasteiger charge is 2.08. The Hall–Kier alpha value is -2.09. The van der Waals surface area contributed by atoms with Crippen LogP contribution in [0.1, 0.15) is 5.56 Å². The maximum atomic E-state index is 12.2. The molecule has 0 aliphatic carbocycles. The van der Waals surface area contributed by atoms with Crippen molar-refractivity contribution in [1.29, 1.82) is 0 Å². The summed E-state index contributed by atoms with van der Waals surface area (Å²) in [4.78, 5) is 12.2. The molecule has 17 heavy (non-hydrogen) atoms. The molecule has 0 N–H and O–H groups in total. The third-order valence-corrected chi connectivity index (χ3v) is 2.72.